The van der Waals surface area contributed by atoms with Gasteiger partial charge in [-0.05, 0) is 63.5 Å². The van der Waals surface area contributed by atoms with Crippen LogP contribution in [0.1, 0.15) is 46.1 Å². The lowest BCUT2D eigenvalue weighted by molar-refractivity contribution is -0.125. The average Bonchev–Trinajstić information content (AvgIpc) is 3.29. The molecule has 1 aromatic carbocycles. The molecule has 182 valence electrons. The van der Waals surface area contributed by atoms with E-state index in [1.807, 2.05) is 32.9 Å². The van der Waals surface area contributed by atoms with Crippen LogP contribution in [-0.4, -0.2) is 54.5 Å². The van der Waals surface area contributed by atoms with Crippen LogP contribution in [0.25, 0.3) is 0 Å². The summed E-state index contributed by atoms with van der Waals surface area (Å²) in [6.07, 6.45) is 2.18. The number of hydrogen-bond donors (Lipinski definition) is 2. The lowest BCUT2D eigenvalue weighted by atomic mass is 10.0. The highest BCUT2D eigenvalue weighted by Crippen LogP contribution is 2.32. The van der Waals surface area contributed by atoms with Gasteiger partial charge >= 0.3 is 0 Å². The summed E-state index contributed by atoms with van der Waals surface area (Å²) in [6, 6.07) is 5.67. The average molecular weight is 467 g/mol. The predicted octanol–water partition coefficient (Wildman–Crippen LogP) is 2.85. The van der Waals surface area contributed by atoms with Crippen LogP contribution in [0.3, 0.4) is 0 Å². The minimum absolute atomic E-state index is 0.0672. The molecule has 34 heavy (non-hydrogen) atoms. The Bertz CT molecular complexity index is 1150. The molecule has 1 unspecified atom stereocenters. The van der Waals surface area contributed by atoms with Gasteiger partial charge < -0.3 is 24.8 Å². The van der Waals surface area contributed by atoms with E-state index < -0.39 is 0 Å². The van der Waals surface area contributed by atoms with Gasteiger partial charge in [-0.15, -0.1) is 0 Å². The number of ether oxygens (including phenoxy) is 1. The summed E-state index contributed by atoms with van der Waals surface area (Å²) < 4.78 is 5.51. The fourth-order valence-electron chi connectivity index (χ4n) is 4.64. The van der Waals surface area contributed by atoms with Gasteiger partial charge in [0.05, 0.1) is 7.11 Å². The number of rotatable bonds is 8. The summed E-state index contributed by atoms with van der Waals surface area (Å²) in [6.45, 7) is 13.4. The normalized spacial score (nSPS) is 15.2. The molecule has 0 saturated carbocycles. The summed E-state index contributed by atoms with van der Waals surface area (Å²) in [5, 5.41) is 2.89. The van der Waals surface area contributed by atoms with Crippen molar-refractivity contribution < 1.29 is 14.3 Å². The van der Waals surface area contributed by atoms with Gasteiger partial charge in [0.25, 0.3) is 11.5 Å². The maximum Gasteiger partial charge on any atom is 0.253 e. The Morgan fingerprint density at radius 2 is 2.03 bits per heavy atom. The Kier molecular flexibility index (Phi) is 7.81. The summed E-state index contributed by atoms with van der Waals surface area (Å²) >= 11 is 0. The van der Waals surface area contributed by atoms with E-state index in [4.69, 9.17) is 4.74 Å². The van der Waals surface area contributed by atoms with Crippen LogP contribution in [0.2, 0.25) is 0 Å². The largest absolute Gasteiger partial charge is 0.497 e. The number of carbonyl (C=O) groups excluding carboxylic acids is 2. The summed E-state index contributed by atoms with van der Waals surface area (Å²) in [5.74, 6) is 0.232. The number of pyridine rings is 1. The molecule has 2 heterocycles. The molecule has 8 heteroatoms. The first kappa shape index (κ1) is 25.1. The molecule has 1 atom stereocenters. The van der Waals surface area contributed by atoms with E-state index in [1.165, 1.54) is 6.08 Å². The van der Waals surface area contributed by atoms with Crippen molar-refractivity contribution in [3.63, 3.8) is 0 Å². The fraction of sp³-hybridized carbons (Fsp3) is 0.423. The molecule has 1 saturated heterocycles. The molecule has 1 aliphatic heterocycles. The van der Waals surface area contributed by atoms with Gasteiger partial charge in [0.15, 0.2) is 0 Å². The molecule has 3 rings (SSSR count). The van der Waals surface area contributed by atoms with Crippen LogP contribution in [-0.2, 0) is 11.3 Å². The first-order chi connectivity index (χ1) is 16.2. The van der Waals surface area contributed by atoms with Gasteiger partial charge in [-0.3, -0.25) is 14.4 Å². The highest BCUT2D eigenvalue weighted by Gasteiger charge is 2.30. The standard InChI is InChI=1S/C26H34N4O4/c1-7-24(31)29-10-9-19(15-29)30(8-2)23-13-20(34-6)12-21(18(23)5)25(32)27-14-22-16(3)11-17(4)28-26(22)33/h7,11-13,19H,1,8-10,14-15H2,2-6H3,(H,27,32)(H,28,33). The number of benzene rings is 1. The molecular formula is C26H34N4O4. The molecule has 1 fully saturated rings. The number of likely N-dealkylation sites (N-methyl/N-ethyl adjacent to an activating group) is 1. The monoisotopic (exact) mass is 466 g/mol. The minimum atomic E-state index is -0.275. The smallest absolute Gasteiger partial charge is 0.253 e. The van der Waals surface area contributed by atoms with Gasteiger partial charge in [-0.2, -0.15) is 0 Å². The topological polar surface area (TPSA) is 94.7 Å². The predicted molar refractivity (Wildman–Crippen MR) is 134 cm³/mol. The van der Waals surface area contributed by atoms with Crippen LogP contribution in [0, 0.1) is 20.8 Å². The zero-order chi connectivity index (χ0) is 25.0. The van der Waals surface area contributed by atoms with Crippen LogP contribution in [0.15, 0.2) is 35.6 Å². The number of hydrogen-bond acceptors (Lipinski definition) is 5. The number of methoxy groups -OCH3 is 1. The number of nitrogens with one attached hydrogen (secondary N) is 2. The van der Waals surface area contributed by atoms with Crippen LogP contribution in [0.5, 0.6) is 5.75 Å². The second-order valence-electron chi connectivity index (χ2n) is 8.66. The van der Waals surface area contributed by atoms with Crippen molar-refractivity contribution in [1.29, 1.82) is 0 Å². The second-order valence-corrected chi connectivity index (χ2v) is 8.66. The Labute approximate surface area is 200 Å². The third kappa shape index (κ3) is 5.16. The number of aromatic nitrogens is 1. The Hall–Kier alpha value is -3.55. The highest BCUT2D eigenvalue weighted by atomic mass is 16.5. The van der Waals surface area contributed by atoms with E-state index in [-0.39, 0.29) is 30.0 Å². The Balaban J connectivity index is 1.88. The van der Waals surface area contributed by atoms with Crippen LogP contribution >= 0.6 is 0 Å². The molecular weight excluding hydrogens is 432 g/mol. The molecule has 0 aliphatic carbocycles. The van der Waals surface area contributed by atoms with Crippen molar-refractivity contribution in [2.24, 2.45) is 0 Å². The Morgan fingerprint density at radius 1 is 1.29 bits per heavy atom. The van der Waals surface area contributed by atoms with E-state index in [0.717, 1.165) is 28.9 Å². The SMILES string of the molecule is C=CC(=O)N1CCC(N(CC)c2cc(OC)cc(C(=O)NCc3c(C)cc(C)[nH]c3=O)c2C)C1. The van der Waals surface area contributed by atoms with Crippen LogP contribution < -0.4 is 20.5 Å². The lowest BCUT2D eigenvalue weighted by Gasteiger charge is -2.32. The van der Waals surface area contributed by atoms with Gasteiger partial charge in [0.2, 0.25) is 5.91 Å². The van der Waals surface area contributed by atoms with E-state index >= 15 is 0 Å². The molecule has 0 radical (unpaired) electrons. The first-order valence-electron chi connectivity index (χ1n) is 11.5. The number of aryl methyl sites for hydroxylation is 2. The lowest BCUT2D eigenvalue weighted by Crippen LogP contribution is -2.39. The number of nitrogens with zero attached hydrogens (tertiary/aromatic N) is 2. The Morgan fingerprint density at radius 3 is 2.65 bits per heavy atom. The molecule has 0 spiro atoms. The van der Waals surface area contributed by atoms with Crippen molar-refractivity contribution in [3.05, 3.63) is 69.2 Å². The summed E-state index contributed by atoms with van der Waals surface area (Å²) in [7, 11) is 1.57. The minimum Gasteiger partial charge on any atom is -0.497 e. The highest BCUT2D eigenvalue weighted by molar-refractivity contribution is 5.97. The second kappa shape index (κ2) is 10.6. The maximum absolute atomic E-state index is 13.2. The van der Waals surface area contributed by atoms with E-state index in [0.29, 0.717) is 36.5 Å². The number of aromatic amines is 1. The fourth-order valence-corrected chi connectivity index (χ4v) is 4.64. The molecule has 1 aliphatic rings. The number of H-pyrrole nitrogens is 1. The van der Waals surface area contributed by atoms with Gasteiger partial charge in [0, 0.05) is 60.8 Å². The molecule has 8 nitrogen and oxygen atoms in total. The van der Waals surface area contributed by atoms with Gasteiger partial charge in [-0.25, -0.2) is 0 Å². The third-order valence-electron chi connectivity index (χ3n) is 6.49. The molecule has 2 aromatic rings. The van der Waals surface area contributed by atoms with Crippen molar-refractivity contribution in [1.82, 2.24) is 15.2 Å². The maximum atomic E-state index is 13.2. The summed E-state index contributed by atoms with van der Waals surface area (Å²) in [5.41, 5.74) is 4.17. The van der Waals surface area contributed by atoms with Gasteiger partial charge in [0.1, 0.15) is 5.75 Å². The van der Waals surface area contributed by atoms with Gasteiger partial charge in [-0.1, -0.05) is 6.58 Å². The van der Waals surface area contributed by atoms with Crippen molar-refractivity contribution in [3.8, 4) is 5.75 Å². The van der Waals surface area contributed by atoms with E-state index in [9.17, 15) is 14.4 Å². The van der Waals surface area contributed by atoms with Crippen molar-refractivity contribution >= 4 is 17.5 Å². The summed E-state index contributed by atoms with van der Waals surface area (Å²) in [4.78, 5) is 44.4. The zero-order valence-corrected chi connectivity index (χ0v) is 20.7. The molecule has 1 aromatic heterocycles. The van der Waals surface area contributed by atoms with Crippen LogP contribution in [0.4, 0.5) is 5.69 Å². The molecule has 2 amide bonds. The molecule has 0 bridgehead atoms. The number of amides is 2. The first-order valence-corrected chi connectivity index (χ1v) is 11.5. The third-order valence-corrected chi connectivity index (χ3v) is 6.49. The number of likely N-dealkylation sites (tertiary alicyclic amines) is 1. The number of carbonyl (C=O) groups is 2. The van der Waals surface area contributed by atoms with Crippen molar-refractivity contribution in [2.45, 2.75) is 46.7 Å². The number of anilines is 1. The quantitative estimate of drug-likeness (QED) is 0.584. The molecule has 2 N–H and O–H groups in total. The van der Waals surface area contributed by atoms with E-state index in [1.54, 1.807) is 18.1 Å². The van der Waals surface area contributed by atoms with Crippen molar-refractivity contribution in [2.75, 3.05) is 31.6 Å². The zero-order valence-electron chi connectivity index (χ0n) is 20.7. The van der Waals surface area contributed by atoms with E-state index in [2.05, 4.69) is 28.7 Å².